The third kappa shape index (κ3) is 2.68. The van der Waals surface area contributed by atoms with Gasteiger partial charge in [-0.2, -0.15) is 0 Å². The van der Waals surface area contributed by atoms with Crippen LogP contribution in [0.3, 0.4) is 0 Å². The highest BCUT2D eigenvalue weighted by molar-refractivity contribution is 7.22. The highest BCUT2D eigenvalue weighted by Crippen LogP contribution is 2.44. The zero-order valence-electron chi connectivity index (χ0n) is 15.2. The van der Waals surface area contributed by atoms with Crippen molar-refractivity contribution < 1.29 is 23.5 Å². The highest BCUT2D eigenvalue weighted by atomic mass is 32.1. The maximum absolute atomic E-state index is 13.0. The van der Waals surface area contributed by atoms with Gasteiger partial charge in [-0.3, -0.25) is 14.5 Å². The number of rotatable bonds is 4. The summed E-state index contributed by atoms with van der Waals surface area (Å²) in [7, 11) is 0. The Balaban J connectivity index is 1.67. The van der Waals surface area contributed by atoms with E-state index in [1.165, 1.54) is 34.8 Å². The van der Waals surface area contributed by atoms with E-state index in [0.29, 0.717) is 10.9 Å². The van der Waals surface area contributed by atoms with Crippen molar-refractivity contribution in [3.05, 3.63) is 83.4 Å². The molecule has 1 atom stereocenters. The van der Waals surface area contributed by atoms with Gasteiger partial charge in [0.25, 0.3) is 5.91 Å². The van der Waals surface area contributed by atoms with Crippen LogP contribution in [0, 0.1) is 6.92 Å². The first-order valence-electron chi connectivity index (χ1n) is 8.80. The number of Topliss-reactive ketones (excluding diaryl/α,β-unsaturated/α-hetero) is 1. The van der Waals surface area contributed by atoms with Crippen molar-refractivity contribution in [3.8, 4) is 0 Å². The van der Waals surface area contributed by atoms with Crippen LogP contribution in [-0.2, 0) is 4.79 Å². The molecule has 144 valence electrons. The number of amides is 1. The molecule has 1 aliphatic rings. The van der Waals surface area contributed by atoms with Crippen LogP contribution >= 0.6 is 11.3 Å². The van der Waals surface area contributed by atoms with Gasteiger partial charge in [0.2, 0.25) is 5.78 Å². The zero-order valence-corrected chi connectivity index (χ0v) is 16.0. The summed E-state index contributed by atoms with van der Waals surface area (Å²) in [6, 6.07) is 11.2. The van der Waals surface area contributed by atoms with Crippen LogP contribution in [0.1, 0.15) is 27.9 Å². The molecule has 0 aliphatic carbocycles. The molecule has 0 saturated carbocycles. The number of nitrogens with zero attached hydrogens (tertiary/aromatic N) is 2. The van der Waals surface area contributed by atoms with E-state index in [2.05, 4.69) is 4.98 Å². The number of furan rings is 2. The van der Waals surface area contributed by atoms with Crippen molar-refractivity contribution in [1.82, 2.24) is 4.98 Å². The molecule has 29 heavy (non-hydrogen) atoms. The van der Waals surface area contributed by atoms with Crippen LogP contribution in [0.2, 0.25) is 0 Å². The topological polar surface area (TPSA) is 96.8 Å². The molecule has 0 radical (unpaired) electrons. The number of aliphatic hydroxyl groups excluding tert-OH is 1. The predicted molar refractivity (Wildman–Crippen MR) is 106 cm³/mol. The third-order valence-electron chi connectivity index (χ3n) is 4.75. The highest BCUT2D eigenvalue weighted by Gasteiger charge is 2.47. The second-order valence-corrected chi connectivity index (χ2v) is 7.64. The standard InChI is InChI=1S/C21H14N2O5S/c1-11-6-7-12-15(10-11)29-21(22-12)23-17(13-4-2-8-27-13)16(19(25)20(23)26)18(24)14-5-3-9-28-14/h2-10,17,25H,1H3/t17-/m1/s1. The lowest BCUT2D eigenvalue weighted by atomic mass is 10.00. The molecule has 1 N–H and O–H groups in total. The summed E-state index contributed by atoms with van der Waals surface area (Å²) in [5.74, 6) is -1.56. The number of ketones is 1. The summed E-state index contributed by atoms with van der Waals surface area (Å²) in [6.45, 7) is 1.97. The number of hydrogen-bond donors (Lipinski definition) is 1. The number of thiazole rings is 1. The average Bonchev–Trinajstić information content (AvgIpc) is 3.49. The Morgan fingerprint density at radius 2 is 1.97 bits per heavy atom. The van der Waals surface area contributed by atoms with Crippen LogP contribution in [-0.4, -0.2) is 21.8 Å². The monoisotopic (exact) mass is 406 g/mol. The minimum Gasteiger partial charge on any atom is -0.503 e. The number of carbonyl (C=O) groups excluding carboxylic acids is 2. The summed E-state index contributed by atoms with van der Waals surface area (Å²) in [5, 5.41) is 11.0. The Bertz CT molecular complexity index is 1270. The van der Waals surface area contributed by atoms with Crippen LogP contribution < -0.4 is 4.90 Å². The Morgan fingerprint density at radius 3 is 2.69 bits per heavy atom. The van der Waals surface area contributed by atoms with E-state index in [-0.39, 0.29) is 11.3 Å². The normalized spacial score (nSPS) is 16.9. The van der Waals surface area contributed by atoms with Crippen LogP contribution in [0.4, 0.5) is 5.13 Å². The first kappa shape index (κ1) is 17.4. The second-order valence-electron chi connectivity index (χ2n) is 6.63. The Kier molecular flexibility index (Phi) is 3.88. The fourth-order valence-electron chi connectivity index (χ4n) is 3.41. The first-order valence-corrected chi connectivity index (χ1v) is 9.61. The molecule has 0 unspecified atom stereocenters. The molecule has 0 spiro atoms. The largest absolute Gasteiger partial charge is 0.503 e. The van der Waals surface area contributed by atoms with Gasteiger partial charge in [-0.15, -0.1) is 0 Å². The molecule has 4 aromatic rings. The van der Waals surface area contributed by atoms with E-state index in [0.717, 1.165) is 15.8 Å². The van der Waals surface area contributed by atoms with Gasteiger partial charge in [-0.25, -0.2) is 4.98 Å². The minimum absolute atomic E-state index is 0.0256. The maximum Gasteiger partial charge on any atom is 0.296 e. The number of aromatic nitrogens is 1. The van der Waals surface area contributed by atoms with Gasteiger partial charge in [-0.05, 0) is 48.9 Å². The van der Waals surface area contributed by atoms with Crippen molar-refractivity contribution in [1.29, 1.82) is 0 Å². The van der Waals surface area contributed by atoms with Crippen LogP contribution in [0.25, 0.3) is 10.2 Å². The van der Waals surface area contributed by atoms with E-state index in [1.54, 1.807) is 18.2 Å². The van der Waals surface area contributed by atoms with Gasteiger partial charge in [0.15, 0.2) is 16.7 Å². The molecule has 0 fully saturated rings. The molecule has 0 saturated heterocycles. The predicted octanol–water partition coefficient (Wildman–Crippen LogP) is 4.57. The van der Waals surface area contributed by atoms with Crippen LogP contribution in [0.15, 0.2) is 75.2 Å². The molecule has 8 heteroatoms. The summed E-state index contributed by atoms with van der Waals surface area (Å²) < 4.78 is 11.6. The number of anilines is 1. The van der Waals surface area contributed by atoms with E-state index < -0.39 is 23.5 Å². The number of carbonyl (C=O) groups is 2. The van der Waals surface area contributed by atoms with Crippen molar-refractivity contribution in [3.63, 3.8) is 0 Å². The Hall–Kier alpha value is -3.65. The van der Waals surface area contributed by atoms with Gasteiger partial charge in [0.05, 0.1) is 28.3 Å². The number of fused-ring (bicyclic) bond motifs is 1. The quantitative estimate of drug-likeness (QED) is 0.499. The van der Waals surface area contributed by atoms with E-state index in [1.807, 2.05) is 25.1 Å². The molecule has 7 nitrogen and oxygen atoms in total. The summed E-state index contributed by atoms with van der Waals surface area (Å²) in [6.07, 6.45) is 2.81. The average molecular weight is 406 g/mol. The molecule has 3 aromatic heterocycles. The van der Waals surface area contributed by atoms with E-state index >= 15 is 0 Å². The lowest BCUT2D eigenvalue weighted by Gasteiger charge is -2.21. The zero-order chi connectivity index (χ0) is 20.1. The van der Waals surface area contributed by atoms with E-state index in [4.69, 9.17) is 8.83 Å². The molecule has 0 bridgehead atoms. The van der Waals surface area contributed by atoms with Gasteiger partial charge < -0.3 is 13.9 Å². The summed E-state index contributed by atoms with van der Waals surface area (Å²) in [4.78, 5) is 31.9. The summed E-state index contributed by atoms with van der Waals surface area (Å²) in [5.41, 5.74) is 1.69. The number of aliphatic hydroxyl groups is 1. The molecular weight excluding hydrogens is 392 g/mol. The van der Waals surface area contributed by atoms with Gasteiger partial charge >= 0.3 is 0 Å². The van der Waals surface area contributed by atoms with Crippen molar-refractivity contribution in [2.24, 2.45) is 0 Å². The SMILES string of the molecule is Cc1ccc2nc(N3C(=O)C(O)=C(C(=O)c4ccco4)[C@H]3c3ccco3)sc2c1. The van der Waals surface area contributed by atoms with Gasteiger partial charge in [-0.1, -0.05) is 17.4 Å². The molecule has 1 aromatic carbocycles. The molecule has 1 aliphatic heterocycles. The molecule has 4 heterocycles. The van der Waals surface area contributed by atoms with Crippen molar-refractivity contribution in [2.75, 3.05) is 4.90 Å². The third-order valence-corrected chi connectivity index (χ3v) is 5.77. The van der Waals surface area contributed by atoms with Gasteiger partial charge in [0.1, 0.15) is 11.8 Å². The van der Waals surface area contributed by atoms with Crippen molar-refractivity contribution >= 4 is 38.4 Å². The lowest BCUT2D eigenvalue weighted by Crippen LogP contribution is -2.30. The lowest BCUT2D eigenvalue weighted by molar-refractivity contribution is -0.117. The van der Waals surface area contributed by atoms with Crippen molar-refractivity contribution in [2.45, 2.75) is 13.0 Å². The maximum atomic E-state index is 13.0. The first-order chi connectivity index (χ1) is 14.0. The smallest absolute Gasteiger partial charge is 0.296 e. The summed E-state index contributed by atoms with van der Waals surface area (Å²) >= 11 is 1.31. The van der Waals surface area contributed by atoms with E-state index in [9.17, 15) is 14.7 Å². The Labute approximate surface area is 168 Å². The molecule has 5 rings (SSSR count). The number of benzene rings is 1. The fraction of sp³-hybridized carbons (Fsp3) is 0.0952. The molecule has 1 amide bonds. The minimum atomic E-state index is -0.947. The Morgan fingerprint density at radius 1 is 1.17 bits per heavy atom. The van der Waals surface area contributed by atoms with Crippen LogP contribution in [0.5, 0.6) is 0 Å². The molecular formula is C21H14N2O5S. The number of aryl methyl sites for hydroxylation is 1. The second kappa shape index (κ2) is 6.46. The number of hydrogen-bond acceptors (Lipinski definition) is 7. The fourth-order valence-corrected chi connectivity index (χ4v) is 4.50. The van der Waals surface area contributed by atoms with Gasteiger partial charge in [0, 0.05) is 0 Å².